The fraction of sp³-hybridized carbons (Fsp3) is 0.333. The lowest BCUT2D eigenvalue weighted by Crippen LogP contribution is -2.49. The van der Waals surface area contributed by atoms with E-state index in [1.54, 1.807) is 45.0 Å². The fourth-order valence-corrected chi connectivity index (χ4v) is 2.55. The summed E-state index contributed by atoms with van der Waals surface area (Å²) in [6.45, 7) is 4.88. The second-order valence-electron chi connectivity index (χ2n) is 8.19. The first-order chi connectivity index (χ1) is 16.1. The summed E-state index contributed by atoms with van der Waals surface area (Å²) in [5.41, 5.74) is 3.21. The molecule has 182 valence electrons. The summed E-state index contributed by atoms with van der Waals surface area (Å²) in [7, 11) is 0. The average Bonchev–Trinajstić information content (AvgIpc) is 2.77. The molecular formula is C24H29N3O7. The molecule has 0 saturated carbocycles. The molecule has 0 fully saturated rings. The van der Waals surface area contributed by atoms with Crippen LogP contribution in [0.25, 0.3) is 0 Å². The molecule has 0 aliphatic carbocycles. The van der Waals surface area contributed by atoms with E-state index in [1.807, 2.05) is 30.3 Å². The molecule has 0 bridgehead atoms. The van der Waals surface area contributed by atoms with Crippen molar-refractivity contribution < 1.29 is 33.7 Å². The lowest BCUT2D eigenvalue weighted by molar-refractivity contribution is -0.139. The standard InChI is InChI=1S/C24H29N3O7/c1-24(2,3)34-23(31)26-20(15-32-14-18-7-5-4-6-8-18)22(30)27-25-13-17-9-11-19(12-10-17)33-16-21(28)29/h4-13,20H,14-16H2,1-3H3,(H,26,31)(H,27,30)(H,28,29)/b25-13-/t20-/m0/s1. The van der Waals surface area contributed by atoms with Crippen LogP contribution < -0.4 is 15.5 Å². The van der Waals surface area contributed by atoms with Gasteiger partial charge in [-0.3, -0.25) is 4.79 Å². The minimum absolute atomic E-state index is 0.0922. The highest BCUT2D eigenvalue weighted by atomic mass is 16.6. The molecule has 0 unspecified atom stereocenters. The molecule has 0 radical (unpaired) electrons. The summed E-state index contributed by atoms with van der Waals surface area (Å²) in [6.07, 6.45) is 0.644. The van der Waals surface area contributed by atoms with Crippen molar-refractivity contribution in [3.63, 3.8) is 0 Å². The van der Waals surface area contributed by atoms with Gasteiger partial charge in [-0.05, 0) is 56.2 Å². The smallest absolute Gasteiger partial charge is 0.408 e. The van der Waals surface area contributed by atoms with Crippen LogP contribution in [0.3, 0.4) is 0 Å². The van der Waals surface area contributed by atoms with E-state index >= 15 is 0 Å². The first kappa shape index (κ1) is 26.3. The lowest BCUT2D eigenvalue weighted by Gasteiger charge is -2.22. The maximum atomic E-state index is 12.6. The van der Waals surface area contributed by atoms with Crippen LogP contribution >= 0.6 is 0 Å². The number of ether oxygens (including phenoxy) is 3. The number of rotatable bonds is 11. The van der Waals surface area contributed by atoms with Gasteiger partial charge in [-0.25, -0.2) is 15.0 Å². The van der Waals surface area contributed by atoms with Gasteiger partial charge in [0.15, 0.2) is 6.61 Å². The van der Waals surface area contributed by atoms with E-state index < -0.39 is 36.2 Å². The summed E-state index contributed by atoms with van der Waals surface area (Å²) in [5, 5.41) is 15.0. The van der Waals surface area contributed by atoms with Crippen LogP contribution in [0.1, 0.15) is 31.9 Å². The van der Waals surface area contributed by atoms with E-state index in [2.05, 4.69) is 15.8 Å². The Labute approximate surface area is 197 Å². The third-order valence-corrected chi connectivity index (χ3v) is 4.03. The Hall–Kier alpha value is -3.92. The van der Waals surface area contributed by atoms with E-state index in [0.717, 1.165) is 5.56 Å². The van der Waals surface area contributed by atoms with Crippen LogP contribution in [0.5, 0.6) is 5.75 Å². The first-order valence-corrected chi connectivity index (χ1v) is 10.5. The van der Waals surface area contributed by atoms with Crippen LogP contribution in [0.2, 0.25) is 0 Å². The largest absolute Gasteiger partial charge is 0.482 e. The zero-order valence-electron chi connectivity index (χ0n) is 19.3. The van der Waals surface area contributed by atoms with Gasteiger partial charge in [0.1, 0.15) is 17.4 Å². The monoisotopic (exact) mass is 471 g/mol. The Bertz CT molecular complexity index is 970. The van der Waals surface area contributed by atoms with E-state index in [9.17, 15) is 14.4 Å². The first-order valence-electron chi connectivity index (χ1n) is 10.5. The Morgan fingerprint density at radius 3 is 2.35 bits per heavy atom. The fourth-order valence-electron chi connectivity index (χ4n) is 2.55. The van der Waals surface area contributed by atoms with Crippen molar-refractivity contribution in [3.05, 3.63) is 65.7 Å². The molecule has 0 saturated heterocycles. The van der Waals surface area contributed by atoms with Gasteiger partial charge in [0, 0.05) is 0 Å². The molecule has 2 amide bonds. The summed E-state index contributed by atoms with van der Waals surface area (Å²) < 4.78 is 15.9. The highest BCUT2D eigenvalue weighted by Crippen LogP contribution is 2.11. The van der Waals surface area contributed by atoms with Gasteiger partial charge in [0.2, 0.25) is 0 Å². The number of carbonyl (C=O) groups is 3. The molecule has 2 rings (SSSR count). The molecule has 3 N–H and O–H groups in total. The number of hydrogen-bond donors (Lipinski definition) is 3. The third-order valence-electron chi connectivity index (χ3n) is 4.03. The molecule has 10 nitrogen and oxygen atoms in total. The molecular weight excluding hydrogens is 442 g/mol. The van der Waals surface area contributed by atoms with Crippen LogP contribution in [-0.4, -0.2) is 54.1 Å². The van der Waals surface area contributed by atoms with Gasteiger partial charge in [0.05, 0.1) is 19.4 Å². The summed E-state index contributed by atoms with van der Waals surface area (Å²) in [6, 6.07) is 14.8. The van der Waals surface area contributed by atoms with Crippen LogP contribution in [0.4, 0.5) is 4.79 Å². The Morgan fingerprint density at radius 1 is 1.06 bits per heavy atom. The molecule has 2 aromatic carbocycles. The molecule has 0 aliphatic rings. The number of hydrazone groups is 1. The minimum Gasteiger partial charge on any atom is -0.482 e. The highest BCUT2D eigenvalue weighted by molar-refractivity contribution is 5.87. The number of benzene rings is 2. The number of alkyl carbamates (subject to hydrolysis) is 1. The number of hydrogen-bond acceptors (Lipinski definition) is 7. The predicted molar refractivity (Wildman–Crippen MR) is 125 cm³/mol. The molecule has 0 heterocycles. The number of carboxylic acid groups (broad SMARTS) is 1. The van der Waals surface area contributed by atoms with Crippen molar-refractivity contribution in [1.29, 1.82) is 0 Å². The number of amides is 2. The topological polar surface area (TPSA) is 136 Å². The van der Waals surface area contributed by atoms with Gasteiger partial charge in [-0.15, -0.1) is 0 Å². The third kappa shape index (κ3) is 10.6. The van der Waals surface area contributed by atoms with Gasteiger partial charge in [0.25, 0.3) is 5.91 Å². The second-order valence-corrected chi connectivity index (χ2v) is 8.19. The van der Waals surface area contributed by atoms with Gasteiger partial charge in [-0.2, -0.15) is 5.10 Å². The normalized spacial score (nSPS) is 12.1. The molecule has 10 heteroatoms. The SMILES string of the molecule is CC(C)(C)OC(=O)N[C@@H](COCc1ccccc1)C(=O)N/N=C\c1ccc(OCC(=O)O)cc1. The minimum atomic E-state index is -1.07. The zero-order valence-corrected chi connectivity index (χ0v) is 19.3. The number of carbonyl (C=O) groups excluding carboxylic acids is 2. The zero-order chi connectivity index (χ0) is 25.0. The van der Waals surface area contributed by atoms with Crippen LogP contribution in [0, 0.1) is 0 Å². The Kier molecular flexibility index (Phi) is 10.0. The average molecular weight is 472 g/mol. The quantitative estimate of drug-likeness (QED) is 0.339. The summed E-state index contributed by atoms with van der Waals surface area (Å²) in [5.74, 6) is -1.27. The summed E-state index contributed by atoms with van der Waals surface area (Å²) >= 11 is 0. The Morgan fingerprint density at radius 2 is 1.74 bits per heavy atom. The molecule has 1 atom stereocenters. The molecule has 0 aromatic heterocycles. The maximum absolute atomic E-state index is 12.6. The van der Waals surface area contributed by atoms with Gasteiger partial charge >= 0.3 is 12.1 Å². The van der Waals surface area contributed by atoms with Crippen molar-refractivity contribution in [2.24, 2.45) is 5.10 Å². The number of aliphatic carboxylic acids is 1. The van der Waals surface area contributed by atoms with Gasteiger partial charge < -0.3 is 24.6 Å². The van der Waals surface area contributed by atoms with Crippen molar-refractivity contribution in [1.82, 2.24) is 10.7 Å². The number of nitrogens with one attached hydrogen (secondary N) is 2. The molecule has 2 aromatic rings. The summed E-state index contributed by atoms with van der Waals surface area (Å²) in [4.78, 5) is 35.3. The van der Waals surface area contributed by atoms with E-state index in [4.69, 9.17) is 19.3 Å². The van der Waals surface area contributed by atoms with Gasteiger partial charge in [-0.1, -0.05) is 30.3 Å². The van der Waals surface area contributed by atoms with E-state index in [1.165, 1.54) is 6.21 Å². The Balaban J connectivity index is 1.94. The number of carboxylic acids is 1. The van der Waals surface area contributed by atoms with Crippen molar-refractivity contribution >= 4 is 24.2 Å². The van der Waals surface area contributed by atoms with Crippen molar-refractivity contribution in [3.8, 4) is 5.75 Å². The number of nitrogens with zero attached hydrogens (tertiary/aromatic N) is 1. The van der Waals surface area contributed by atoms with Crippen LogP contribution in [0.15, 0.2) is 59.7 Å². The lowest BCUT2D eigenvalue weighted by atomic mass is 10.2. The molecule has 34 heavy (non-hydrogen) atoms. The van der Waals surface area contributed by atoms with E-state index in [0.29, 0.717) is 11.3 Å². The molecule has 0 aliphatic heterocycles. The second kappa shape index (κ2) is 12.9. The molecule has 0 spiro atoms. The van der Waals surface area contributed by atoms with Crippen LogP contribution in [-0.2, 0) is 25.7 Å². The van der Waals surface area contributed by atoms with Crippen molar-refractivity contribution in [2.45, 2.75) is 39.0 Å². The predicted octanol–water partition coefficient (Wildman–Crippen LogP) is 2.71. The van der Waals surface area contributed by atoms with E-state index in [-0.39, 0.29) is 13.2 Å². The highest BCUT2D eigenvalue weighted by Gasteiger charge is 2.24. The maximum Gasteiger partial charge on any atom is 0.408 e. The van der Waals surface area contributed by atoms with Crippen molar-refractivity contribution in [2.75, 3.05) is 13.2 Å².